The van der Waals surface area contributed by atoms with Gasteiger partial charge >= 0.3 is 0 Å². The number of rotatable bonds is 10. The fourth-order valence-electron chi connectivity index (χ4n) is 6.78. The summed E-state index contributed by atoms with van der Waals surface area (Å²) >= 11 is 0. The van der Waals surface area contributed by atoms with Gasteiger partial charge < -0.3 is 20.6 Å². The largest absolute Gasteiger partial charge is 0.405 e. The van der Waals surface area contributed by atoms with E-state index in [1.165, 1.54) is 17.0 Å². The summed E-state index contributed by atoms with van der Waals surface area (Å²) in [7, 11) is 0. The molecule has 7 aromatic rings. The topological polar surface area (TPSA) is 58.0 Å². The molecule has 0 atom stereocenters. The molecular weight excluding hydrogens is 609 g/mol. The Kier molecular flexibility index (Phi) is 9.08. The number of nitrogens with one attached hydrogen (secondary N) is 1. The van der Waals surface area contributed by atoms with E-state index in [0.717, 1.165) is 67.2 Å². The number of nitrogens with two attached hydrogens (primary N) is 1. The van der Waals surface area contributed by atoms with Crippen molar-refractivity contribution in [1.82, 2.24) is 4.57 Å². The van der Waals surface area contributed by atoms with Gasteiger partial charge in [0.05, 0.1) is 11.0 Å². The van der Waals surface area contributed by atoms with E-state index in [4.69, 9.17) is 11.1 Å². The van der Waals surface area contributed by atoms with Crippen molar-refractivity contribution in [3.8, 4) is 16.8 Å². The van der Waals surface area contributed by atoms with Crippen molar-refractivity contribution in [2.75, 3.05) is 4.90 Å². The van der Waals surface area contributed by atoms with Crippen molar-refractivity contribution in [3.63, 3.8) is 0 Å². The lowest BCUT2D eigenvalue weighted by Gasteiger charge is -2.27. The lowest BCUT2D eigenvalue weighted by Crippen LogP contribution is -2.10. The van der Waals surface area contributed by atoms with E-state index in [2.05, 4.69) is 168 Å². The number of fused-ring (bicyclic) bond motifs is 3. The number of hydrogen-bond acceptors (Lipinski definition) is 3. The first-order chi connectivity index (χ1) is 24.6. The maximum atomic E-state index is 7.61. The number of para-hydroxylation sites is 2. The van der Waals surface area contributed by atoms with Crippen molar-refractivity contribution < 1.29 is 0 Å². The average molecular weight is 647 g/mol. The van der Waals surface area contributed by atoms with Crippen LogP contribution in [0.25, 0.3) is 49.8 Å². The predicted molar refractivity (Wildman–Crippen MR) is 215 cm³/mol. The van der Waals surface area contributed by atoms with Crippen LogP contribution >= 0.6 is 0 Å². The number of aromatic nitrogens is 1. The summed E-state index contributed by atoms with van der Waals surface area (Å²) in [6.07, 6.45) is 10.4. The predicted octanol–water partition coefficient (Wildman–Crippen LogP) is 12.0. The molecular formula is C46H38N4. The van der Waals surface area contributed by atoms with Crippen LogP contribution in [0.4, 0.5) is 17.1 Å². The second-order valence-electron chi connectivity index (χ2n) is 12.0. The smallest absolute Gasteiger partial charge is 0.0621 e. The Balaban J connectivity index is 1.52. The molecule has 1 aromatic heterocycles. The number of hydrogen-bond donors (Lipinski definition) is 2. The van der Waals surface area contributed by atoms with Crippen molar-refractivity contribution in [3.05, 3.63) is 194 Å². The third-order valence-electron chi connectivity index (χ3n) is 9.10. The summed E-state index contributed by atoms with van der Waals surface area (Å²) in [5.41, 5.74) is 18.6. The maximum absolute atomic E-state index is 7.61. The normalized spacial score (nSPS) is 12.1. The van der Waals surface area contributed by atoms with E-state index >= 15 is 0 Å². The van der Waals surface area contributed by atoms with E-state index in [-0.39, 0.29) is 0 Å². The fourth-order valence-corrected chi connectivity index (χ4v) is 6.78. The zero-order valence-corrected chi connectivity index (χ0v) is 28.0. The van der Waals surface area contributed by atoms with Gasteiger partial charge in [-0.3, -0.25) is 0 Å². The van der Waals surface area contributed by atoms with E-state index < -0.39 is 0 Å². The van der Waals surface area contributed by atoms with Crippen LogP contribution in [0.2, 0.25) is 0 Å². The van der Waals surface area contributed by atoms with Gasteiger partial charge in [-0.15, -0.1) is 0 Å². The molecule has 0 aliphatic rings. The molecule has 0 saturated carbocycles. The number of allylic oxidation sites excluding steroid dienone is 6. The lowest BCUT2D eigenvalue weighted by atomic mass is 9.99. The van der Waals surface area contributed by atoms with Crippen LogP contribution in [-0.4, -0.2) is 10.8 Å². The van der Waals surface area contributed by atoms with Gasteiger partial charge in [-0.25, -0.2) is 0 Å². The Morgan fingerprint density at radius 3 is 1.88 bits per heavy atom. The van der Waals surface area contributed by atoms with Crippen LogP contribution in [0.3, 0.4) is 0 Å². The molecule has 0 spiro atoms. The molecule has 6 aromatic carbocycles. The second-order valence-corrected chi connectivity index (χ2v) is 12.0. The molecule has 0 amide bonds. The molecule has 4 nitrogen and oxygen atoms in total. The molecule has 0 bridgehead atoms. The van der Waals surface area contributed by atoms with E-state index in [1.807, 2.05) is 13.0 Å². The molecule has 242 valence electrons. The Morgan fingerprint density at radius 2 is 1.28 bits per heavy atom. The molecule has 0 saturated heterocycles. The molecule has 7 rings (SSSR count). The first-order valence-corrected chi connectivity index (χ1v) is 16.7. The molecule has 3 N–H and O–H groups in total. The van der Waals surface area contributed by atoms with Gasteiger partial charge in [-0.05, 0) is 108 Å². The summed E-state index contributed by atoms with van der Waals surface area (Å²) in [4.78, 5) is 2.32. The van der Waals surface area contributed by atoms with Crippen LogP contribution in [-0.2, 0) is 0 Å². The van der Waals surface area contributed by atoms with Crippen LogP contribution in [0.1, 0.15) is 18.1 Å². The summed E-state index contributed by atoms with van der Waals surface area (Å²) < 4.78 is 2.39. The minimum atomic E-state index is 0.899. The molecule has 0 aliphatic heterocycles. The van der Waals surface area contributed by atoms with Gasteiger partial charge in [0.25, 0.3) is 0 Å². The number of benzene rings is 6. The lowest BCUT2D eigenvalue weighted by molar-refractivity contribution is 1.18. The van der Waals surface area contributed by atoms with Crippen LogP contribution < -0.4 is 10.6 Å². The van der Waals surface area contributed by atoms with Gasteiger partial charge in [-0.2, -0.15) is 0 Å². The average Bonchev–Trinajstić information content (AvgIpc) is 3.51. The van der Waals surface area contributed by atoms with Gasteiger partial charge in [0.15, 0.2) is 0 Å². The van der Waals surface area contributed by atoms with Crippen LogP contribution in [0.15, 0.2) is 183 Å². The van der Waals surface area contributed by atoms with E-state index in [1.54, 1.807) is 18.4 Å². The SMILES string of the molecule is C=C/C(=C\C=N)c1ccc(N(c2ccc(C(/C=C\N)=C/C)cc2)c2cc(-c3ccccc3)c3c(c2)c2ccccc2n3-c2ccccc2)cc1. The van der Waals surface area contributed by atoms with Gasteiger partial charge in [0.1, 0.15) is 0 Å². The molecule has 1 heterocycles. The monoisotopic (exact) mass is 646 g/mol. The summed E-state index contributed by atoms with van der Waals surface area (Å²) in [5, 5.41) is 9.97. The molecule has 50 heavy (non-hydrogen) atoms. The summed E-state index contributed by atoms with van der Waals surface area (Å²) in [5.74, 6) is 0. The van der Waals surface area contributed by atoms with E-state index in [0.29, 0.717) is 0 Å². The molecule has 4 heteroatoms. The van der Waals surface area contributed by atoms with Gasteiger partial charge in [0.2, 0.25) is 0 Å². The minimum absolute atomic E-state index is 0.899. The highest BCUT2D eigenvalue weighted by Crippen LogP contribution is 2.44. The quantitative estimate of drug-likeness (QED) is 0.115. The molecule has 0 unspecified atom stereocenters. The fraction of sp³-hybridized carbons (Fsp3) is 0.0217. The Bertz CT molecular complexity index is 2390. The first kappa shape index (κ1) is 31.9. The highest BCUT2D eigenvalue weighted by atomic mass is 15.1. The Labute approximate surface area is 293 Å². The van der Waals surface area contributed by atoms with Crippen molar-refractivity contribution >= 4 is 56.2 Å². The number of anilines is 3. The van der Waals surface area contributed by atoms with Crippen LogP contribution in [0.5, 0.6) is 0 Å². The Morgan fingerprint density at radius 1 is 0.680 bits per heavy atom. The highest BCUT2D eigenvalue weighted by Gasteiger charge is 2.21. The van der Waals surface area contributed by atoms with Crippen molar-refractivity contribution in [2.45, 2.75) is 6.92 Å². The third kappa shape index (κ3) is 5.95. The van der Waals surface area contributed by atoms with Gasteiger partial charge in [0, 0.05) is 45.3 Å². The zero-order valence-electron chi connectivity index (χ0n) is 28.0. The maximum Gasteiger partial charge on any atom is 0.0621 e. The van der Waals surface area contributed by atoms with Crippen LogP contribution in [0, 0.1) is 5.41 Å². The minimum Gasteiger partial charge on any atom is -0.405 e. The first-order valence-electron chi connectivity index (χ1n) is 16.7. The highest BCUT2D eigenvalue weighted by molar-refractivity contribution is 6.15. The van der Waals surface area contributed by atoms with Crippen molar-refractivity contribution in [2.24, 2.45) is 5.73 Å². The number of nitrogens with zero attached hydrogens (tertiary/aromatic N) is 2. The van der Waals surface area contributed by atoms with Crippen molar-refractivity contribution in [1.29, 1.82) is 5.41 Å². The summed E-state index contributed by atoms with van der Waals surface area (Å²) in [6.45, 7) is 5.99. The van der Waals surface area contributed by atoms with E-state index in [9.17, 15) is 0 Å². The Hall–Kier alpha value is -6.65. The second kappa shape index (κ2) is 14.2. The summed E-state index contributed by atoms with van der Waals surface area (Å²) in [6, 6.07) is 51.6. The molecule has 0 radical (unpaired) electrons. The zero-order chi connectivity index (χ0) is 34.5. The standard InChI is InChI=1S/C46H38N4/c1-3-33(27-29-47)35-19-23-39(24-20-35)49(40-25-21-36(22-26-40)34(4-2)28-30-48)41-31-43(37-13-7-5-8-14-37)46-44(32-41)42-17-11-12-18-45(42)50(46)38-15-9-6-10-16-38/h3-32,47H,1,48H2,2H3/b30-28-,33-27+,34-4+,47-29?. The third-order valence-corrected chi connectivity index (χ3v) is 9.10. The van der Waals surface area contributed by atoms with Gasteiger partial charge in [-0.1, -0.05) is 110 Å². The molecule has 0 aliphatic carbocycles. The molecule has 0 fully saturated rings.